The summed E-state index contributed by atoms with van der Waals surface area (Å²) in [5, 5.41) is 7.92. The van der Waals surface area contributed by atoms with Gasteiger partial charge < -0.3 is 4.90 Å². The lowest BCUT2D eigenvalue weighted by atomic mass is 10.0. The van der Waals surface area contributed by atoms with Gasteiger partial charge in [0.25, 0.3) is 0 Å². The molecule has 0 radical (unpaired) electrons. The third-order valence-corrected chi connectivity index (χ3v) is 9.51. The fraction of sp³-hybridized carbons (Fsp3) is 0. The van der Waals surface area contributed by atoms with Crippen molar-refractivity contribution in [2.24, 2.45) is 0 Å². The minimum Gasteiger partial charge on any atom is -0.310 e. The standard InChI is InChI=1S/C34H21NS2/c1-2-8-23(9-3-1)35(25-17-18-27-26-10-4-6-12-30(26)37-33(27)21-25)24-16-14-22-15-19-32-34(29(22)20-24)28-11-5-7-13-31(28)36-32/h1-21H. The Morgan fingerprint density at radius 2 is 1.00 bits per heavy atom. The number of thiophene rings is 2. The summed E-state index contributed by atoms with van der Waals surface area (Å²) in [6, 6.07) is 46.5. The topological polar surface area (TPSA) is 3.24 Å². The Bertz CT molecular complexity index is 2100. The Hall–Kier alpha value is -4.18. The molecule has 8 rings (SSSR count). The van der Waals surface area contributed by atoms with Gasteiger partial charge in [0, 0.05) is 57.4 Å². The number of rotatable bonds is 3. The summed E-state index contributed by atoms with van der Waals surface area (Å²) < 4.78 is 5.32. The smallest absolute Gasteiger partial charge is 0.0476 e. The van der Waals surface area contributed by atoms with Gasteiger partial charge in [0.2, 0.25) is 0 Å². The van der Waals surface area contributed by atoms with Crippen LogP contribution < -0.4 is 4.90 Å². The Balaban J connectivity index is 1.39. The average Bonchev–Trinajstić information content (AvgIpc) is 3.52. The van der Waals surface area contributed by atoms with Crippen molar-refractivity contribution in [1.29, 1.82) is 0 Å². The molecule has 0 aliphatic rings. The molecule has 0 atom stereocenters. The maximum atomic E-state index is 2.39. The van der Waals surface area contributed by atoms with E-state index in [4.69, 9.17) is 0 Å². The van der Waals surface area contributed by atoms with E-state index in [2.05, 4.69) is 132 Å². The molecule has 0 aliphatic carbocycles. The van der Waals surface area contributed by atoms with Gasteiger partial charge in [0.15, 0.2) is 0 Å². The van der Waals surface area contributed by atoms with Crippen LogP contribution in [-0.2, 0) is 0 Å². The molecule has 174 valence electrons. The van der Waals surface area contributed by atoms with Crippen LogP contribution >= 0.6 is 22.7 Å². The summed E-state index contributed by atoms with van der Waals surface area (Å²) in [7, 11) is 0. The normalized spacial score (nSPS) is 11.8. The molecule has 0 bridgehead atoms. The first kappa shape index (κ1) is 21.0. The van der Waals surface area contributed by atoms with Crippen molar-refractivity contribution in [2.45, 2.75) is 0 Å². The van der Waals surface area contributed by atoms with Crippen molar-refractivity contribution in [1.82, 2.24) is 0 Å². The molecule has 6 aromatic carbocycles. The highest BCUT2D eigenvalue weighted by molar-refractivity contribution is 7.26. The van der Waals surface area contributed by atoms with Gasteiger partial charge in [-0.05, 0) is 65.4 Å². The lowest BCUT2D eigenvalue weighted by molar-refractivity contribution is 1.30. The molecule has 8 aromatic rings. The van der Waals surface area contributed by atoms with E-state index in [0.29, 0.717) is 0 Å². The van der Waals surface area contributed by atoms with Gasteiger partial charge in [-0.15, -0.1) is 22.7 Å². The van der Waals surface area contributed by atoms with E-state index in [-0.39, 0.29) is 0 Å². The molecule has 37 heavy (non-hydrogen) atoms. The molecular weight excluding hydrogens is 487 g/mol. The summed E-state index contributed by atoms with van der Waals surface area (Å²) in [5.41, 5.74) is 3.50. The zero-order valence-corrected chi connectivity index (χ0v) is 21.5. The number of hydrogen-bond acceptors (Lipinski definition) is 3. The molecule has 0 aliphatic heterocycles. The van der Waals surface area contributed by atoms with E-state index in [1.807, 2.05) is 22.7 Å². The van der Waals surface area contributed by atoms with Crippen molar-refractivity contribution in [2.75, 3.05) is 4.90 Å². The van der Waals surface area contributed by atoms with Crippen LogP contribution in [0.3, 0.4) is 0 Å². The third kappa shape index (κ3) is 3.28. The maximum absolute atomic E-state index is 2.39. The molecule has 3 heteroatoms. The van der Waals surface area contributed by atoms with E-state index in [1.54, 1.807) is 0 Å². The highest BCUT2D eigenvalue weighted by atomic mass is 32.1. The van der Waals surface area contributed by atoms with Crippen molar-refractivity contribution in [3.8, 4) is 0 Å². The van der Waals surface area contributed by atoms with Gasteiger partial charge in [-0.2, -0.15) is 0 Å². The molecule has 0 saturated carbocycles. The fourth-order valence-corrected chi connectivity index (χ4v) is 7.81. The molecule has 0 fully saturated rings. The minimum absolute atomic E-state index is 1.16. The average molecular weight is 508 g/mol. The van der Waals surface area contributed by atoms with Crippen LogP contribution in [0.25, 0.3) is 51.1 Å². The second kappa shape index (κ2) is 8.17. The van der Waals surface area contributed by atoms with Gasteiger partial charge in [-0.3, -0.25) is 0 Å². The monoisotopic (exact) mass is 507 g/mol. The maximum Gasteiger partial charge on any atom is 0.0476 e. The Morgan fingerprint density at radius 1 is 0.378 bits per heavy atom. The van der Waals surface area contributed by atoms with Gasteiger partial charge in [0.1, 0.15) is 0 Å². The van der Waals surface area contributed by atoms with Gasteiger partial charge in [0.05, 0.1) is 0 Å². The van der Waals surface area contributed by atoms with Gasteiger partial charge in [-0.1, -0.05) is 72.8 Å². The molecular formula is C34H21NS2. The van der Waals surface area contributed by atoms with E-state index >= 15 is 0 Å². The first-order valence-electron chi connectivity index (χ1n) is 12.4. The molecule has 0 spiro atoms. The second-order valence-corrected chi connectivity index (χ2v) is 11.6. The van der Waals surface area contributed by atoms with Crippen LogP contribution in [0.4, 0.5) is 17.1 Å². The molecule has 0 unspecified atom stereocenters. The highest BCUT2D eigenvalue weighted by Gasteiger charge is 2.16. The lowest BCUT2D eigenvalue weighted by Crippen LogP contribution is -2.09. The summed E-state index contributed by atoms with van der Waals surface area (Å²) >= 11 is 3.74. The van der Waals surface area contributed by atoms with Crippen molar-refractivity contribution >= 4 is 90.9 Å². The van der Waals surface area contributed by atoms with Crippen molar-refractivity contribution in [3.05, 3.63) is 127 Å². The first-order chi connectivity index (χ1) is 18.3. The Kier molecular flexibility index (Phi) is 4.63. The number of para-hydroxylation sites is 1. The highest BCUT2D eigenvalue weighted by Crippen LogP contribution is 2.43. The van der Waals surface area contributed by atoms with E-state index in [1.165, 1.54) is 62.5 Å². The van der Waals surface area contributed by atoms with Crippen molar-refractivity contribution in [3.63, 3.8) is 0 Å². The van der Waals surface area contributed by atoms with E-state index in [0.717, 1.165) is 5.69 Å². The summed E-state index contributed by atoms with van der Waals surface area (Å²) in [6.45, 7) is 0. The lowest BCUT2D eigenvalue weighted by Gasteiger charge is -2.26. The number of hydrogen-bond donors (Lipinski definition) is 0. The SMILES string of the molecule is c1ccc(N(c2ccc3c(c2)sc2ccccc23)c2ccc3ccc4sc5ccccc5c4c3c2)cc1. The summed E-state index contributed by atoms with van der Waals surface area (Å²) in [6.07, 6.45) is 0. The van der Waals surface area contributed by atoms with Crippen molar-refractivity contribution < 1.29 is 0 Å². The van der Waals surface area contributed by atoms with Crippen LogP contribution in [-0.4, -0.2) is 0 Å². The van der Waals surface area contributed by atoms with Crippen LogP contribution in [0.2, 0.25) is 0 Å². The summed E-state index contributed by atoms with van der Waals surface area (Å²) in [4.78, 5) is 2.39. The zero-order chi connectivity index (χ0) is 24.3. The Labute approximate surface area is 222 Å². The molecule has 0 saturated heterocycles. The molecule has 1 nitrogen and oxygen atoms in total. The van der Waals surface area contributed by atoms with Gasteiger partial charge in [-0.25, -0.2) is 0 Å². The molecule has 2 aromatic heterocycles. The number of benzene rings is 6. The number of fused-ring (bicyclic) bond motifs is 8. The predicted octanol–water partition coefficient (Wildman–Crippen LogP) is 11.0. The Morgan fingerprint density at radius 3 is 1.86 bits per heavy atom. The van der Waals surface area contributed by atoms with Crippen LogP contribution in [0, 0.1) is 0 Å². The number of anilines is 3. The quantitative estimate of drug-likeness (QED) is 0.230. The number of nitrogens with zero attached hydrogens (tertiary/aromatic N) is 1. The summed E-state index contributed by atoms with van der Waals surface area (Å²) in [5.74, 6) is 0. The first-order valence-corrected chi connectivity index (χ1v) is 14.1. The minimum atomic E-state index is 1.16. The largest absolute Gasteiger partial charge is 0.310 e. The molecule has 0 N–H and O–H groups in total. The zero-order valence-electron chi connectivity index (χ0n) is 19.9. The van der Waals surface area contributed by atoms with E-state index < -0.39 is 0 Å². The predicted molar refractivity (Wildman–Crippen MR) is 164 cm³/mol. The second-order valence-electron chi connectivity index (χ2n) is 9.39. The third-order valence-electron chi connectivity index (χ3n) is 7.24. The molecule has 0 amide bonds. The van der Waals surface area contributed by atoms with E-state index in [9.17, 15) is 0 Å². The van der Waals surface area contributed by atoms with Crippen LogP contribution in [0.1, 0.15) is 0 Å². The van der Waals surface area contributed by atoms with Crippen LogP contribution in [0.5, 0.6) is 0 Å². The van der Waals surface area contributed by atoms with Crippen LogP contribution in [0.15, 0.2) is 127 Å². The molecule has 2 heterocycles. The van der Waals surface area contributed by atoms with Gasteiger partial charge >= 0.3 is 0 Å². The fourth-order valence-electron chi connectivity index (χ4n) is 5.55.